The lowest BCUT2D eigenvalue weighted by molar-refractivity contribution is -0.453. The van der Waals surface area contributed by atoms with Gasteiger partial charge in [0.05, 0.1) is 6.10 Å². The molecule has 0 amide bonds. The van der Waals surface area contributed by atoms with Crippen LogP contribution < -0.4 is 0 Å². The van der Waals surface area contributed by atoms with Crippen LogP contribution in [0.25, 0.3) is 0 Å². The summed E-state index contributed by atoms with van der Waals surface area (Å²) >= 11 is 0. The molecule has 0 rings (SSSR count). The molecule has 0 N–H and O–H groups in total. The summed E-state index contributed by atoms with van der Waals surface area (Å²) in [5.74, 6) is 0. The molecule has 0 aromatic heterocycles. The third kappa shape index (κ3) is 2.78. The fourth-order valence-corrected chi connectivity index (χ4v) is 0.868. The van der Waals surface area contributed by atoms with E-state index in [0.717, 1.165) is 13.8 Å². The Morgan fingerprint density at radius 2 is 1.00 bits per heavy atom. The van der Waals surface area contributed by atoms with E-state index in [1.807, 2.05) is 0 Å². The van der Waals surface area contributed by atoms with Crippen LogP contribution in [0.3, 0.4) is 0 Å². The first-order chi connectivity index (χ1) is 7.17. The molecule has 1 nitrogen and oxygen atoms in total. The maximum atomic E-state index is 12.8. The van der Waals surface area contributed by atoms with Gasteiger partial charge in [-0.1, -0.05) is 0 Å². The summed E-state index contributed by atoms with van der Waals surface area (Å²) < 4.78 is 113. The zero-order valence-corrected chi connectivity index (χ0v) is 8.39. The van der Waals surface area contributed by atoms with Crippen LogP contribution in [0, 0.1) is 0 Å². The fraction of sp³-hybridized carbons (Fsp3) is 1.00. The van der Waals surface area contributed by atoms with Gasteiger partial charge in [-0.05, 0) is 13.8 Å². The number of ether oxygens (including phenoxy) is 1. The number of halogens is 9. The van der Waals surface area contributed by atoms with E-state index in [2.05, 4.69) is 4.74 Å². The van der Waals surface area contributed by atoms with E-state index in [0.29, 0.717) is 0 Å². The monoisotopic (exact) mass is 278 g/mol. The molecule has 0 aromatic rings. The van der Waals surface area contributed by atoms with Crippen molar-refractivity contribution in [3.05, 3.63) is 0 Å². The van der Waals surface area contributed by atoms with Crippen LogP contribution in [0.1, 0.15) is 13.8 Å². The number of alkyl halides is 9. The summed E-state index contributed by atoms with van der Waals surface area (Å²) in [5, 5.41) is 0. The highest BCUT2D eigenvalue weighted by atomic mass is 19.4. The van der Waals surface area contributed by atoms with Crippen LogP contribution in [-0.4, -0.2) is 30.2 Å². The molecule has 0 aliphatic rings. The molecule has 17 heavy (non-hydrogen) atoms. The second-order valence-corrected chi connectivity index (χ2v) is 3.34. The van der Waals surface area contributed by atoms with Crippen LogP contribution >= 0.6 is 0 Å². The van der Waals surface area contributed by atoms with Crippen LogP contribution in [-0.2, 0) is 4.74 Å². The lowest BCUT2D eigenvalue weighted by atomic mass is 10.0. The maximum absolute atomic E-state index is 12.8. The van der Waals surface area contributed by atoms with E-state index < -0.39 is 30.2 Å². The summed E-state index contributed by atoms with van der Waals surface area (Å²) in [5.41, 5.74) is -6.75. The molecule has 0 atom stereocenters. The molecule has 0 aromatic carbocycles. The van der Waals surface area contributed by atoms with Crippen LogP contribution in [0.2, 0.25) is 0 Å². The van der Waals surface area contributed by atoms with E-state index in [1.54, 1.807) is 0 Å². The minimum Gasteiger partial charge on any atom is -0.315 e. The van der Waals surface area contributed by atoms with E-state index >= 15 is 0 Å². The van der Waals surface area contributed by atoms with Gasteiger partial charge < -0.3 is 4.74 Å². The molecule has 0 saturated carbocycles. The predicted octanol–water partition coefficient (Wildman–Crippen LogP) is 3.84. The Labute approximate surface area is 89.5 Å². The Balaban J connectivity index is 5.66. The molecule has 0 spiro atoms. The van der Waals surface area contributed by atoms with E-state index in [-0.39, 0.29) is 0 Å². The van der Waals surface area contributed by atoms with Gasteiger partial charge >= 0.3 is 24.1 Å². The normalized spacial score (nSPS) is 15.5. The quantitative estimate of drug-likeness (QED) is 0.713. The first-order valence-electron chi connectivity index (χ1n) is 4.05. The van der Waals surface area contributed by atoms with Crippen molar-refractivity contribution < 1.29 is 44.3 Å². The van der Waals surface area contributed by atoms with Crippen LogP contribution in [0.5, 0.6) is 0 Å². The Bertz CT molecular complexity index is 249. The lowest BCUT2D eigenvalue weighted by Crippen LogP contribution is -2.65. The summed E-state index contributed by atoms with van der Waals surface area (Å²) in [6, 6.07) is 0. The second kappa shape index (κ2) is 4.21. The van der Waals surface area contributed by atoms with E-state index in [9.17, 15) is 39.5 Å². The molecule has 104 valence electrons. The van der Waals surface area contributed by atoms with Crippen molar-refractivity contribution in [2.45, 2.75) is 44.1 Å². The van der Waals surface area contributed by atoms with Crippen molar-refractivity contribution in [3.63, 3.8) is 0 Å². The number of hydrogen-bond acceptors (Lipinski definition) is 1. The van der Waals surface area contributed by atoms with Gasteiger partial charge in [-0.3, -0.25) is 0 Å². The highest BCUT2D eigenvalue weighted by Crippen LogP contribution is 2.55. The molecule has 10 heteroatoms. The largest absolute Gasteiger partial charge is 0.440 e. The molecule has 0 unspecified atom stereocenters. The van der Waals surface area contributed by atoms with E-state index in [1.165, 1.54) is 0 Å². The molecule has 0 aliphatic carbocycles. The minimum absolute atomic E-state index is 0.737. The second-order valence-electron chi connectivity index (χ2n) is 3.34. The minimum atomic E-state index is -6.86. The van der Waals surface area contributed by atoms with Crippen molar-refractivity contribution in [1.82, 2.24) is 0 Å². The molecule has 0 radical (unpaired) electrons. The van der Waals surface area contributed by atoms with Gasteiger partial charge in [0.25, 0.3) is 0 Å². The van der Waals surface area contributed by atoms with Gasteiger partial charge in [-0.25, -0.2) is 4.39 Å². The van der Waals surface area contributed by atoms with Crippen LogP contribution in [0.4, 0.5) is 39.5 Å². The maximum Gasteiger partial charge on any atom is 0.440 e. The summed E-state index contributed by atoms with van der Waals surface area (Å²) in [6.45, 7) is 1.47. The van der Waals surface area contributed by atoms with Gasteiger partial charge in [0.15, 0.2) is 0 Å². The van der Waals surface area contributed by atoms with Gasteiger partial charge in [0.2, 0.25) is 0 Å². The topological polar surface area (TPSA) is 9.23 Å². The van der Waals surface area contributed by atoms with Gasteiger partial charge in [0, 0.05) is 0 Å². The van der Waals surface area contributed by atoms with Gasteiger partial charge in [-0.2, -0.15) is 35.1 Å². The summed E-state index contributed by atoms with van der Waals surface area (Å²) in [4.78, 5) is 0. The number of rotatable bonds is 3. The van der Waals surface area contributed by atoms with Crippen molar-refractivity contribution in [1.29, 1.82) is 0 Å². The first-order valence-corrected chi connectivity index (χ1v) is 4.05. The molecule has 0 fully saturated rings. The Morgan fingerprint density at radius 3 is 1.18 bits per heavy atom. The zero-order chi connectivity index (χ0) is 14.3. The molecule has 0 aliphatic heterocycles. The fourth-order valence-electron chi connectivity index (χ4n) is 0.868. The SMILES string of the molecule is CC(C)OC(F)(F)C(F)(C(F)(F)F)C(F)(F)F. The third-order valence-corrected chi connectivity index (χ3v) is 1.57. The van der Waals surface area contributed by atoms with Crippen molar-refractivity contribution in [2.24, 2.45) is 0 Å². The van der Waals surface area contributed by atoms with Crippen molar-refractivity contribution >= 4 is 0 Å². The zero-order valence-electron chi connectivity index (χ0n) is 8.39. The highest BCUT2D eigenvalue weighted by Gasteiger charge is 2.85. The smallest absolute Gasteiger partial charge is 0.315 e. The van der Waals surface area contributed by atoms with Crippen LogP contribution in [0.15, 0.2) is 0 Å². The van der Waals surface area contributed by atoms with Gasteiger partial charge in [0.1, 0.15) is 0 Å². The standard InChI is InChI=1S/C7H7F9O/c1-3(2)17-7(15,16)4(8,5(9,10)11)6(12,13)14/h3H,1-2H3. The van der Waals surface area contributed by atoms with Crippen molar-refractivity contribution in [3.8, 4) is 0 Å². The summed E-state index contributed by atoms with van der Waals surface area (Å²) in [7, 11) is 0. The highest BCUT2D eigenvalue weighted by molar-refractivity contribution is 5.01. The molecule has 0 bridgehead atoms. The Morgan fingerprint density at radius 1 is 0.706 bits per heavy atom. The van der Waals surface area contributed by atoms with Gasteiger partial charge in [-0.15, -0.1) is 0 Å². The summed E-state index contributed by atoms with van der Waals surface area (Å²) in [6.07, 6.45) is -21.5. The molecule has 0 heterocycles. The average molecular weight is 278 g/mol. The lowest BCUT2D eigenvalue weighted by Gasteiger charge is -2.36. The molecular weight excluding hydrogens is 271 g/mol. The first kappa shape index (κ1) is 16.3. The van der Waals surface area contributed by atoms with E-state index in [4.69, 9.17) is 0 Å². The predicted molar refractivity (Wildman–Crippen MR) is 37.1 cm³/mol. The van der Waals surface area contributed by atoms with Crippen molar-refractivity contribution in [2.75, 3.05) is 0 Å². The molecule has 0 saturated heterocycles. The number of hydrogen-bond donors (Lipinski definition) is 0. The average Bonchev–Trinajstić information content (AvgIpc) is 1.95. The molecular formula is C7H7F9O. The third-order valence-electron chi connectivity index (χ3n) is 1.57. The Kier molecular flexibility index (Phi) is 4.05. The Hall–Kier alpha value is -0.670.